The fourth-order valence-electron chi connectivity index (χ4n) is 2.15. The lowest BCUT2D eigenvalue weighted by atomic mass is 10.1. The third-order valence-electron chi connectivity index (χ3n) is 3.25. The average Bonchev–Trinajstić information content (AvgIpc) is 2.74. The van der Waals surface area contributed by atoms with Gasteiger partial charge in [0.1, 0.15) is 6.54 Å². The predicted molar refractivity (Wildman–Crippen MR) is 66.8 cm³/mol. The molecule has 1 amide bonds. The van der Waals surface area contributed by atoms with Crippen molar-refractivity contribution >= 4 is 5.91 Å². The smallest absolute Gasteiger partial charge is 0.346 e. The Morgan fingerprint density at radius 2 is 2.11 bits per heavy atom. The van der Waals surface area contributed by atoms with Crippen molar-refractivity contribution in [3.63, 3.8) is 0 Å². The zero-order valence-corrected chi connectivity index (χ0v) is 11.4. The van der Waals surface area contributed by atoms with Crippen LogP contribution < -0.4 is 10.6 Å². The molecule has 0 aliphatic carbocycles. The first-order chi connectivity index (χ1) is 8.78. The first-order valence-corrected chi connectivity index (χ1v) is 6.56. The van der Waals surface area contributed by atoms with Crippen molar-refractivity contribution in [3.05, 3.63) is 0 Å². The van der Waals surface area contributed by atoms with Crippen LogP contribution in [0.25, 0.3) is 0 Å². The van der Waals surface area contributed by atoms with Gasteiger partial charge in [0.2, 0.25) is 5.91 Å². The van der Waals surface area contributed by atoms with E-state index in [1.807, 2.05) is 5.32 Å². The molecule has 7 heteroatoms. The quantitative estimate of drug-likeness (QED) is 0.763. The monoisotopic (exact) mass is 281 g/mol. The van der Waals surface area contributed by atoms with Crippen LogP contribution in [0.3, 0.4) is 0 Å². The van der Waals surface area contributed by atoms with Gasteiger partial charge in [-0.15, -0.1) is 0 Å². The molecule has 0 aromatic heterocycles. The molecule has 0 aromatic carbocycles. The second-order valence-corrected chi connectivity index (χ2v) is 5.27. The van der Waals surface area contributed by atoms with Crippen LogP contribution >= 0.6 is 0 Å². The summed E-state index contributed by atoms with van der Waals surface area (Å²) < 4.78 is 35.6. The Labute approximate surface area is 111 Å². The summed E-state index contributed by atoms with van der Waals surface area (Å²) in [4.78, 5) is 13.5. The van der Waals surface area contributed by atoms with Gasteiger partial charge >= 0.3 is 6.18 Å². The van der Waals surface area contributed by atoms with E-state index < -0.39 is 18.6 Å². The number of halogens is 3. The normalized spacial score (nSPS) is 21.1. The molecule has 1 fully saturated rings. The van der Waals surface area contributed by atoms with E-state index in [2.05, 4.69) is 24.1 Å². The number of likely N-dealkylation sites (tertiary alicyclic amines) is 1. The Kier molecular flexibility index (Phi) is 6.06. The highest BCUT2D eigenvalue weighted by Gasteiger charge is 2.27. The molecule has 4 nitrogen and oxygen atoms in total. The van der Waals surface area contributed by atoms with Crippen LogP contribution in [0, 0.1) is 5.92 Å². The summed E-state index contributed by atoms with van der Waals surface area (Å²) in [7, 11) is 0. The van der Waals surface area contributed by atoms with Gasteiger partial charge in [0.15, 0.2) is 0 Å². The number of carbonyl (C=O) groups is 1. The van der Waals surface area contributed by atoms with Gasteiger partial charge in [-0.2, -0.15) is 13.2 Å². The number of amides is 1. The third-order valence-corrected chi connectivity index (χ3v) is 3.25. The Hall–Kier alpha value is -0.820. The van der Waals surface area contributed by atoms with E-state index in [0.717, 1.165) is 19.5 Å². The van der Waals surface area contributed by atoms with Crippen LogP contribution in [-0.4, -0.2) is 55.7 Å². The van der Waals surface area contributed by atoms with E-state index in [0.29, 0.717) is 18.5 Å². The van der Waals surface area contributed by atoms with Crippen molar-refractivity contribution in [2.45, 2.75) is 32.5 Å². The molecular formula is C12H22F3N3O. The van der Waals surface area contributed by atoms with Crippen LogP contribution in [0.5, 0.6) is 0 Å². The summed E-state index contributed by atoms with van der Waals surface area (Å²) in [6, 6.07) is 0.514. The molecule has 0 spiro atoms. The van der Waals surface area contributed by atoms with Crippen LogP contribution in [0.1, 0.15) is 20.3 Å². The van der Waals surface area contributed by atoms with E-state index in [1.54, 1.807) is 0 Å². The standard InChI is InChI=1S/C12H22F3N3O/c1-9(2)18-4-3-10(7-18)5-16-6-11(19)17-8-12(13,14)15/h9-10,16H,3-8H2,1-2H3,(H,17,19). The lowest BCUT2D eigenvalue weighted by Crippen LogP contribution is -2.40. The fourth-order valence-corrected chi connectivity index (χ4v) is 2.15. The topological polar surface area (TPSA) is 44.4 Å². The third kappa shape index (κ3) is 6.77. The van der Waals surface area contributed by atoms with Gasteiger partial charge in [0.05, 0.1) is 6.54 Å². The first-order valence-electron chi connectivity index (χ1n) is 6.56. The van der Waals surface area contributed by atoms with Crippen LogP contribution in [0.15, 0.2) is 0 Å². The number of hydrogen-bond acceptors (Lipinski definition) is 3. The minimum Gasteiger partial charge on any atom is -0.346 e. The highest BCUT2D eigenvalue weighted by atomic mass is 19.4. The first kappa shape index (κ1) is 16.2. The minimum absolute atomic E-state index is 0.0613. The predicted octanol–water partition coefficient (Wildman–Crippen LogP) is 0.985. The van der Waals surface area contributed by atoms with Crippen LogP contribution in [0.4, 0.5) is 13.2 Å². The SMILES string of the molecule is CC(C)N1CCC(CNCC(=O)NCC(F)(F)F)C1. The summed E-state index contributed by atoms with van der Waals surface area (Å²) in [5.41, 5.74) is 0. The molecule has 1 heterocycles. The van der Waals surface area contributed by atoms with Gasteiger partial charge in [-0.1, -0.05) is 0 Å². The maximum Gasteiger partial charge on any atom is 0.405 e. The number of nitrogens with zero attached hydrogens (tertiary/aromatic N) is 1. The molecule has 2 N–H and O–H groups in total. The molecule has 1 rings (SSSR count). The highest BCUT2D eigenvalue weighted by molar-refractivity contribution is 5.77. The van der Waals surface area contributed by atoms with E-state index in [1.165, 1.54) is 0 Å². The Balaban J connectivity index is 2.09. The van der Waals surface area contributed by atoms with E-state index >= 15 is 0 Å². The van der Waals surface area contributed by atoms with E-state index in [-0.39, 0.29) is 6.54 Å². The zero-order valence-electron chi connectivity index (χ0n) is 11.4. The van der Waals surface area contributed by atoms with Gasteiger partial charge in [-0.05, 0) is 39.3 Å². The van der Waals surface area contributed by atoms with Gasteiger partial charge < -0.3 is 15.5 Å². The molecule has 0 aromatic rings. The van der Waals surface area contributed by atoms with Crippen LogP contribution in [0.2, 0.25) is 0 Å². The Morgan fingerprint density at radius 3 is 2.63 bits per heavy atom. The van der Waals surface area contributed by atoms with Crippen LogP contribution in [-0.2, 0) is 4.79 Å². The molecule has 1 atom stereocenters. The van der Waals surface area contributed by atoms with Gasteiger partial charge in [0, 0.05) is 12.6 Å². The maximum atomic E-state index is 11.9. The number of nitrogens with one attached hydrogen (secondary N) is 2. The minimum atomic E-state index is -4.35. The van der Waals surface area contributed by atoms with Crippen molar-refractivity contribution in [1.82, 2.24) is 15.5 Å². The average molecular weight is 281 g/mol. The number of rotatable bonds is 6. The molecule has 19 heavy (non-hydrogen) atoms. The molecule has 1 aliphatic heterocycles. The molecule has 0 radical (unpaired) electrons. The molecule has 1 aliphatic rings. The second kappa shape index (κ2) is 7.09. The molecule has 1 unspecified atom stereocenters. The summed E-state index contributed by atoms with van der Waals surface area (Å²) in [5.74, 6) is -0.145. The summed E-state index contributed by atoms with van der Waals surface area (Å²) in [6.07, 6.45) is -3.28. The molecular weight excluding hydrogens is 259 g/mol. The largest absolute Gasteiger partial charge is 0.405 e. The lowest BCUT2D eigenvalue weighted by molar-refractivity contribution is -0.137. The van der Waals surface area contributed by atoms with E-state index in [4.69, 9.17) is 0 Å². The summed E-state index contributed by atoms with van der Waals surface area (Å²) in [5, 5.41) is 4.75. The highest BCUT2D eigenvalue weighted by Crippen LogP contribution is 2.17. The Bertz CT molecular complexity index is 294. The van der Waals surface area contributed by atoms with Gasteiger partial charge in [-0.25, -0.2) is 0 Å². The maximum absolute atomic E-state index is 11.9. The van der Waals surface area contributed by atoms with Crippen molar-refractivity contribution < 1.29 is 18.0 Å². The molecule has 0 bridgehead atoms. The molecule has 0 saturated carbocycles. The molecule has 1 saturated heterocycles. The van der Waals surface area contributed by atoms with Gasteiger partial charge in [-0.3, -0.25) is 4.79 Å². The Morgan fingerprint density at radius 1 is 1.42 bits per heavy atom. The molecule has 112 valence electrons. The number of carbonyl (C=O) groups excluding carboxylic acids is 1. The number of hydrogen-bond donors (Lipinski definition) is 2. The van der Waals surface area contributed by atoms with Crippen molar-refractivity contribution in [1.29, 1.82) is 0 Å². The van der Waals surface area contributed by atoms with Crippen molar-refractivity contribution in [2.24, 2.45) is 5.92 Å². The van der Waals surface area contributed by atoms with E-state index in [9.17, 15) is 18.0 Å². The van der Waals surface area contributed by atoms with Crippen molar-refractivity contribution in [2.75, 3.05) is 32.7 Å². The second-order valence-electron chi connectivity index (χ2n) is 5.27. The van der Waals surface area contributed by atoms with Gasteiger partial charge in [0.25, 0.3) is 0 Å². The number of alkyl halides is 3. The lowest BCUT2D eigenvalue weighted by Gasteiger charge is -2.20. The van der Waals surface area contributed by atoms with Crippen molar-refractivity contribution in [3.8, 4) is 0 Å². The summed E-state index contributed by atoms with van der Waals surface area (Å²) in [6.45, 7) is 5.65. The fraction of sp³-hybridized carbons (Fsp3) is 0.917. The zero-order chi connectivity index (χ0) is 14.5. The summed E-state index contributed by atoms with van der Waals surface area (Å²) >= 11 is 0.